The molecule has 220 valence electrons. The van der Waals surface area contributed by atoms with Crippen molar-refractivity contribution in [3.8, 4) is 11.5 Å². The zero-order valence-electron chi connectivity index (χ0n) is 24.5. The van der Waals surface area contributed by atoms with Gasteiger partial charge >= 0.3 is 6.09 Å². The Kier molecular flexibility index (Phi) is 12.0. The van der Waals surface area contributed by atoms with Crippen LogP contribution in [0.1, 0.15) is 53.5 Å². The minimum Gasteiger partial charge on any atom is -0.505 e. The Morgan fingerprint density at radius 1 is 1.23 bits per heavy atom. The van der Waals surface area contributed by atoms with Crippen LogP contribution >= 0.6 is 0 Å². The van der Waals surface area contributed by atoms with Gasteiger partial charge in [0, 0.05) is 23.5 Å². The Morgan fingerprint density at radius 3 is 2.52 bits per heavy atom. The number of aromatic hydroxyl groups is 2. The van der Waals surface area contributed by atoms with Crippen LogP contribution in [0.4, 0.5) is 16.2 Å². The third-order valence-electron chi connectivity index (χ3n) is 7.42. The normalized spacial score (nSPS) is 30.2. The van der Waals surface area contributed by atoms with Gasteiger partial charge in [-0.3, -0.25) is 4.79 Å². The highest BCUT2D eigenvalue weighted by atomic mass is 16.6. The number of nitrogens with two attached hydrogens (primary N) is 2. The number of allylic oxidation sites excluding steroid dienone is 2. The Labute approximate surface area is 237 Å². The zero-order chi connectivity index (χ0) is 30.1. The van der Waals surface area contributed by atoms with Crippen molar-refractivity contribution in [2.75, 3.05) is 11.9 Å². The van der Waals surface area contributed by atoms with E-state index in [0.29, 0.717) is 36.2 Å². The standard InChI is InChI=1S/C31H45N3O6/c1-8-12-33-26-23-14-17(2)13-20(5)27(36)21(6)15-22(7)29(40-31(32)39)18(3)10-9-11-19(4)30(38)34-24(28(23)37)16-25(26)35/h8-11,15-18,20-21,27,29,33,35-37H,1,12-14H2,2-7H3,(H2,32,39)(H,34,38)/p+1/b10-9-,19-11+,22-15+/t17-,18-,20-,21-,27-,29+/m0/s1. The molecule has 8 N–H and O–H groups in total. The van der Waals surface area contributed by atoms with Crippen molar-refractivity contribution in [3.63, 3.8) is 0 Å². The van der Waals surface area contributed by atoms with Gasteiger partial charge in [-0.05, 0) is 50.2 Å². The second-order valence-corrected chi connectivity index (χ2v) is 11.1. The molecule has 0 spiro atoms. The van der Waals surface area contributed by atoms with Gasteiger partial charge in [0.15, 0.2) is 11.4 Å². The summed E-state index contributed by atoms with van der Waals surface area (Å²) in [5.74, 6) is -1.19. The average molecular weight is 557 g/mol. The number of rotatable bonds is 4. The molecule has 0 saturated heterocycles. The summed E-state index contributed by atoms with van der Waals surface area (Å²) in [6.07, 6.45) is 7.54. The zero-order valence-corrected chi connectivity index (χ0v) is 24.5. The van der Waals surface area contributed by atoms with Crippen molar-refractivity contribution in [2.24, 2.45) is 29.4 Å². The predicted octanol–water partition coefficient (Wildman–Crippen LogP) is 4.18. The molecule has 0 aromatic heterocycles. The molecule has 0 fully saturated rings. The minimum absolute atomic E-state index is 0.0212. The van der Waals surface area contributed by atoms with E-state index in [9.17, 15) is 24.9 Å². The molecular weight excluding hydrogens is 510 g/mol. The Morgan fingerprint density at radius 2 is 1.90 bits per heavy atom. The van der Waals surface area contributed by atoms with E-state index < -0.39 is 24.2 Å². The average Bonchev–Trinajstić information content (AvgIpc) is 2.88. The molecule has 1 aliphatic rings. The number of phenolic OH excluding ortho intramolecular Hbond substituents is 2. The highest BCUT2D eigenvalue weighted by molar-refractivity contribution is 6.04. The molecule has 40 heavy (non-hydrogen) atoms. The number of amides is 2. The second kappa shape index (κ2) is 14.7. The molecule has 0 saturated carbocycles. The number of hydrogen-bond acceptors (Lipinski definition) is 6. The number of phenols is 2. The molecule has 0 radical (unpaired) electrons. The number of primary amides is 1. The van der Waals surface area contributed by atoms with Crippen LogP contribution in [0.5, 0.6) is 11.5 Å². The van der Waals surface area contributed by atoms with Crippen LogP contribution in [0.25, 0.3) is 0 Å². The topological polar surface area (TPSA) is 159 Å². The monoisotopic (exact) mass is 556 g/mol. The van der Waals surface area contributed by atoms with Crippen molar-refractivity contribution >= 4 is 23.4 Å². The lowest BCUT2D eigenvalue weighted by Gasteiger charge is -2.28. The lowest BCUT2D eigenvalue weighted by atomic mass is 9.83. The Balaban J connectivity index is 2.60. The van der Waals surface area contributed by atoms with Gasteiger partial charge in [-0.1, -0.05) is 58.6 Å². The second-order valence-electron chi connectivity index (χ2n) is 11.1. The van der Waals surface area contributed by atoms with E-state index in [1.165, 1.54) is 6.07 Å². The van der Waals surface area contributed by atoms with Gasteiger partial charge in [-0.15, -0.1) is 0 Å². The van der Waals surface area contributed by atoms with Crippen molar-refractivity contribution in [1.82, 2.24) is 0 Å². The summed E-state index contributed by atoms with van der Waals surface area (Å²) in [7, 11) is 0. The number of benzene rings is 1. The van der Waals surface area contributed by atoms with Crippen molar-refractivity contribution in [1.29, 1.82) is 0 Å². The SMILES string of the molecule is C=CC[NH2+]c1c(O)cc2c(O)c1C[C@@H](C)C[C@H](C)[C@H](O)[C@@H](C)/C=C(\C)[C@H](OC(N)=O)[C@@H](C)/C=C\C=C(/C)C(=O)N2. The summed E-state index contributed by atoms with van der Waals surface area (Å²) in [6.45, 7) is 15.5. The Bertz CT molecular complexity index is 1170. The first-order valence-corrected chi connectivity index (χ1v) is 13.8. The smallest absolute Gasteiger partial charge is 0.405 e. The number of aliphatic hydroxyl groups excluding tert-OH is 1. The number of nitrogens with one attached hydrogen (secondary N) is 1. The molecule has 9 heteroatoms. The first-order valence-electron chi connectivity index (χ1n) is 13.8. The van der Waals surface area contributed by atoms with Gasteiger partial charge in [0.25, 0.3) is 5.91 Å². The third kappa shape index (κ3) is 8.72. The number of anilines is 1. The fourth-order valence-corrected chi connectivity index (χ4v) is 5.30. The van der Waals surface area contributed by atoms with Crippen LogP contribution in [-0.4, -0.2) is 46.1 Å². The number of carbonyl (C=O) groups excluding carboxylic acids is 2. The van der Waals surface area contributed by atoms with Crippen molar-refractivity contribution in [3.05, 3.63) is 59.7 Å². The van der Waals surface area contributed by atoms with Gasteiger partial charge in [-0.2, -0.15) is 0 Å². The number of aliphatic hydroxyl groups is 1. The molecule has 0 unspecified atom stereocenters. The van der Waals surface area contributed by atoms with Gasteiger partial charge in [0.1, 0.15) is 11.9 Å². The molecule has 1 aromatic carbocycles. The molecule has 2 amide bonds. The fourth-order valence-electron chi connectivity index (χ4n) is 5.30. The van der Waals surface area contributed by atoms with E-state index in [0.717, 1.165) is 5.57 Å². The molecule has 2 bridgehead atoms. The number of fused-ring (bicyclic) bond motifs is 2. The van der Waals surface area contributed by atoms with Gasteiger partial charge < -0.3 is 36.4 Å². The number of carbonyl (C=O) groups is 2. The molecular formula is C31H46N3O6+. The van der Waals surface area contributed by atoms with E-state index in [-0.39, 0.29) is 40.9 Å². The van der Waals surface area contributed by atoms with Gasteiger partial charge in [0.05, 0.1) is 23.9 Å². The largest absolute Gasteiger partial charge is 0.505 e. The summed E-state index contributed by atoms with van der Waals surface area (Å²) in [4.78, 5) is 24.6. The summed E-state index contributed by atoms with van der Waals surface area (Å²) in [5, 5.41) is 37.7. The predicted molar refractivity (Wildman–Crippen MR) is 157 cm³/mol. The molecule has 1 aliphatic heterocycles. The van der Waals surface area contributed by atoms with Gasteiger partial charge in [0.2, 0.25) is 0 Å². The number of ether oxygens (including phenoxy) is 1. The molecule has 2 rings (SSSR count). The lowest BCUT2D eigenvalue weighted by Crippen LogP contribution is -2.78. The maximum absolute atomic E-state index is 13.0. The summed E-state index contributed by atoms with van der Waals surface area (Å²) in [5.41, 5.74) is 7.61. The summed E-state index contributed by atoms with van der Waals surface area (Å²) >= 11 is 0. The van der Waals surface area contributed by atoms with E-state index >= 15 is 0 Å². The van der Waals surface area contributed by atoms with Gasteiger partial charge in [-0.25, -0.2) is 4.79 Å². The van der Waals surface area contributed by atoms with Crippen LogP contribution in [0, 0.1) is 23.7 Å². The molecule has 1 heterocycles. The molecule has 1 aromatic rings. The van der Waals surface area contributed by atoms with Crippen LogP contribution in [0.15, 0.2) is 54.2 Å². The molecule has 6 atom stereocenters. The quantitative estimate of drug-likeness (QED) is 0.141. The van der Waals surface area contributed by atoms with E-state index in [4.69, 9.17) is 10.5 Å². The lowest BCUT2D eigenvalue weighted by molar-refractivity contribution is -0.562. The first kappa shape index (κ1) is 32.7. The maximum atomic E-state index is 13.0. The maximum Gasteiger partial charge on any atom is 0.405 e. The van der Waals surface area contributed by atoms with Crippen LogP contribution < -0.4 is 16.4 Å². The number of hydrogen-bond donors (Lipinski definition) is 6. The Hall–Kier alpha value is -3.56. The van der Waals surface area contributed by atoms with E-state index in [2.05, 4.69) is 11.9 Å². The van der Waals surface area contributed by atoms with E-state index in [1.54, 1.807) is 36.5 Å². The number of quaternary nitrogens is 1. The summed E-state index contributed by atoms with van der Waals surface area (Å²) < 4.78 is 5.42. The van der Waals surface area contributed by atoms with E-state index in [1.807, 2.05) is 40.7 Å². The van der Waals surface area contributed by atoms with Crippen LogP contribution in [0.2, 0.25) is 0 Å². The fraction of sp³-hybridized carbons (Fsp3) is 0.484. The summed E-state index contributed by atoms with van der Waals surface area (Å²) in [6, 6.07) is 1.35. The van der Waals surface area contributed by atoms with Crippen LogP contribution in [0.3, 0.4) is 0 Å². The third-order valence-corrected chi connectivity index (χ3v) is 7.42. The molecule has 9 nitrogen and oxygen atoms in total. The minimum atomic E-state index is -0.896. The van der Waals surface area contributed by atoms with Crippen molar-refractivity contribution in [2.45, 2.75) is 66.6 Å². The van der Waals surface area contributed by atoms with Crippen LogP contribution in [-0.2, 0) is 16.0 Å². The van der Waals surface area contributed by atoms with Crippen molar-refractivity contribution < 1.29 is 35.0 Å². The molecule has 0 aliphatic carbocycles. The highest BCUT2D eigenvalue weighted by Gasteiger charge is 2.28. The highest BCUT2D eigenvalue weighted by Crippen LogP contribution is 2.40. The first-order chi connectivity index (χ1) is 18.8.